The largest absolute Gasteiger partial charge is 0.493 e. The van der Waals surface area contributed by atoms with Crippen molar-refractivity contribution >= 4 is 24.1 Å². The van der Waals surface area contributed by atoms with Gasteiger partial charge in [0.15, 0.2) is 23.0 Å². The summed E-state index contributed by atoms with van der Waals surface area (Å²) in [5.41, 5.74) is 1.56. The lowest BCUT2D eigenvalue weighted by molar-refractivity contribution is -0.152. The van der Waals surface area contributed by atoms with Gasteiger partial charge in [-0.25, -0.2) is 9.59 Å². The highest BCUT2D eigenvalue weighted by Crippen LogP contribution is 2.29. The molecule has 0 amide bonds. The van der Waals surface area contributed by atoms with Gasteiger partial charge < -0.3 is 28.4 Å². The number of hydrogen-bond donors (Lipinski definition) is 0. The fourth-order valence-corrected chi connectivity index (χ4v) is 3.96. The summed E-state index contributed by atoms with van der Waals surface area (Å²) in [7, 11) is 6.23. The molecule has 1 saturated carbocycles. The first-order chi connectivity index (χ1) is 17.4. The van der Waals surface area contributed by atoms with Crippen LogP contribution in [-0.4, -0.2) is 52.6 Å². The van der Waals surface area contributed by atoms with E-state index in [0.29, 0.717) is 29.4 Å². The Labute approximate surface area is 211 Å². The molecule has 2 aromatic rings. The smallest absolute Gasteiger partial charge is 0.331 e. The molecule has 1 aliphatic rings. The highest BCUT2D eigenvalue weighted by molar-refractivity contribution is 5.88. The van der Waals surface area contributed by atoms with E-state index < -0.39 is 11.9 Å². The van der Waals surface area contributed by atoms with Gasteiger partial charge in [0.25, 0.3) is 0 Å². The Morgan fingerprint density at radius 1 is 0.667 bits per heavy atom. The van der Waals surface area contributed by atoms with Gasteiger partial charge >= 0.3 is 11.9 Å². The lowest BCUT2D eigenvalue weighted by Crippen LogP contribution is -2.30. The summed E-state index contributed by atoms with van der Waals surface area (Å²) in [5, 5.41) is 0. The van der Waals surface area contributed by atoms with Crippen molar-refractivity contribution in [3.63, 3.8) is 0 Å². The first kappa shape index (κ1) is 26.7. The van der Waals surface area contributed by atoms with Crippen molar-refractivity contribution in [1.29, 1.82) is 0 Å². The van der Waals surface area contributed by atoms with Crippen molar-refractivity contribution in [2.45, 2.75) is 37.9 Å². The average molecular weight is 497 g/mol. The third-order valence-electron chi connectivity index (χ3n) is 5.78. The summed E-state index contributed by atoms with van der Waals surface area (Å²) in [6.07, 6.45) is 8.17. The van der Waals surface area contributed by atoms with Crippen molar-refractivity contribution in [2.24, 2.45) is 0 Å². The Balaban J connectivity index is 1.50. The molecule has 2 atom stereocenters. The van der Waals surface area contributed by atoms with Gasteiger partial charge in [-0.15, -0.1) is 0 Å². The zero-order valence-corrected chi connectivity index (χ0v) is 21.0. The lowest BCUT2D eigenvalue weighted by atomic mass is 9.95. The maximum atomic E-state index is 12.3. The van der Waals surface area contributed by atoms with Gasteiger partial charge in [0.05, 0.1) is 28.4 Å². The summed E-state index contributed by atoms with van der Waals surface area (Å²) in [5.74, 6) is 1.47. The minimum absolute atomic E-state index is 0.311. The van der Waals surface area contributed by atoms with E-state index in [-0.39, 0.29) is 12.2 Å². The number of hydrogen-bond acceptors (Lipinski definition) is 8. The van der Waals surface area contributed by atoms with Crippen LogP contribution in [0.2, 0.25) is 0 Å². The molecule has 192 valence electrons. The van der Waals surface area contributed by atoms with Gasteiger partial charge in [0, 0.05) is 18.6 Å². The van der Waals surface area contributed by atoms with Crippen LogP contribution >= 0.6 is 0 Å². The van der Waals surface area contributed by atoms with Crippen molar-refractivity contribution in [3.05, 3.63) is 59.7 Å². The number of carbonyl (C=O) groups is 2. The first-order valence-electron chi connectivity index (χ1n) is 11.7. The Kier molecular flexibility index (Phi) is 9.80. The van der Waals surface area contributed by atoms with E-state index in [1.807, 2.05) is 12.1 Å². The molecule has 0 N–H and O–H groups in total. The normalized spacial score (nSPS) is 17.6. The van der Waals surface area contributed by atoms with Crippen LogP contribution < -0.4 is 18.9 Å². The molecular formula is C28H32O8. The molecule has 0 aliphatic heterocycles. The second-order valence-electron chi connectivity index (χ2n) is 8.18. The van der Waals surface area contributed by atoms with E-state index >= 15 is 0 Å². The topological polar surface area (TPSA) is 89.5 Å². The Morgan fingerprint density at radius 3 is 1.47 bits per heavy atom. The summed E-state index contributed by atoms with van der Waals surface area (Å²) < 4.78 is 32.2. The summed E-state index contributed by atoms with van der Waals surface area (Å²) in [6, 6.07) is 10.7. The molecule has 0 saturated heterocycles. The molecule has 8 heteroatoms. The van der Waals surface area contributed by atoms with Crippen molar-refractivity contribution < 1.29 is 38.0 Å². The zero-order chi connectivity index (χ0) is 25.9. The lowest BCUT2D eigenvalue weighted by Gasteiger charge is -2.28. The maximum Gasteiger partial charge on any atom is 0.331 e. The van der Waals surface area contributed by atoms with Crippen LogP contribution in [0.5, 0.6) is 23.0 Å². The highest BCUT2D eigenvalue weighted by Gasteiger charge is 2.26. The maximum absolute atomic E-state index is 12.3. The quantitative estimate of drug-likeness (QED) is 0.341. The van der Waals surface area contributed by atoms with Crippen LogP contribution in [0.3, 0.4) is 0 Å². The van der Waals surface area contributed by atoms with Crippen LogP contribution in [0.1, 0.15) is 36.8 Å². The Hall–Kier alpha value is -3.94. The molecule has 0 bridgehead atoms. The second kappa shape index (κ2) is 13.2. The molecule has 0 aromatic heterocycles. The van der Waals surface area contributed by atoms with E-state index in [2.05, 4.69) is 0 Å². The van der Waals surface area contributed by atoms with Gasteiger partial charge in [0.1, 0.15) is 12.2 Å². The van der Waals surface area contributed by atoms with E-state index in [4.69, 9.17) is 28.4 Å². The van der Waals surface area contributed by atoms with Crippen LogP contribution in [0, 0.1) is 0 Å². The molecule has 1 aliphatic carbocycles. The van der Waals surface area contributed by atoms with Crippen molar-refractivity contribution in [1.82, 2.24) is 0 Å². The minimum Gasteiger partial charge on any atom is -0.493 e. The molecule has 2 aromatic carbocycles. The molecule has 0 unspecified atom stereocenters. The van der Waals surface area contributed by atoms with Gasteiger partial charge in [0.2, 0.25) is 0 Å². The van der Waals surface area contributed by atoms with E-state index in [9.17, 15) is 9.59 Å². The third-order valence-corrected chi connectivity index (χ3v) is 5.78. The van der Waals surface area contributed by atoms with Gasteiger partial charge in [-0.3, -0.25) is 0 Å². The molecule has 0 heterocycles. The molecule has 8 nitrogen and oxygen atoms in total. The highest BCUT2D eigenvalue weighted by atomic mass is 16.6. The van der Waals surface area contributed by atoms with Crippen molar-refractivity contribution in [2.75, 3.05) is 28.4 Å². The number of benzene rings is 2. The summed E-state index contributed by atoms with van der Waals surface area (Å²) >= 11 is 0. The van der Waals surface area contributed by atoms with Gasteiger partial charge in [-0.1, -0.05) is 12.1 Å². The van der Waals surface area contributed by atoms with Crippen LogP contribution in [-0.2, 0) is 19.1 Å². The Bertz CT molecular complexity index is 1020. The molecule has 1 fully saturated rings. The standard InChI is InChI=1S/C28H32O8/c1-31-23-12-8-19(16-25(23)33-3)10-14-27(29)35-21-6-5-7-22(18-21)36-28(30)15-11-20-9-13-24(32-2)26(17-20)34-4/h8-17,21-22H,5-7,18H2,1-4H3/b14-10+,15-11+/t21-,22-/m1/s1. The SMILES string of the molecule is COc1ccc(/C=C/C(=O)O[C@@H]2CCC[C@@H](OC(=O)/C=C/c3ccc(OC)c(OC)c3)C2)cc1OC. The minimum atomic E-state index is -0.449. The average Bonchev–Trinajstić information content (AvgIpc) is 2.90. The third kappa shape index (κ3) is 7.53. The van der Waals surface area contributed by atoms with Crippen molar-refractivity contribution in [3.8, 4) is 23.0 Å². The van der Waals surface area contributed by atoms with Gasteiger partial charge in [-0.2, -0.15) is 0 Å². The Morgan fingerprint density at radius 2 is 1.08 bits per heavy atom. The number of esters is 2. The number of ether oxygens (including phenoxy) is 6. The molecule has 3 rings (SSSR count). The number of methoxy groups -OCH3 is 4. The van der Waals surface area contributed by atoms with Crippen LogP contribution in [0.4, 0.5) is 0 Å². The molecular weight excluding hydrogens is 464 g/mol. The second-order valence-corrected chi connectivity index (χ2v) is 8.18. The molecule has 36 heavy (non-hydrogen) atoms. The van der Waals surface area contributed by atoms with Crippen LogP contribution in [0.15, 0.2) is 48.6 Å². The van der Waals surface area contributed by atoms with E-state index in [0.717, 1.165) is 30.4 Å². The number of rotatable bonds is 10. The predicted octanol–water partition coefficient (Wildman–Crippen LogP) is 4.85. The summed E-state index contributed by atoms with van der Waals surface area (Å²) in [6.45, 7) is 0. The summed E-state index contributed by atoms with van der Waals surface area (Å²) in [4.78, 5) is 24.7. The van der Waals surface area contributed by atoms with Crippen LogP contribution in [0.25, 0.3) is 12.2 Å². The fourth-order valence-electron chi connectivity index (χ4n) is 3.96. The number of carbonyl (C=O) groups excluding carboxylic acids is 2. The first-order valence-corrected chi connectivity index (χ1v) is 11.7. The van der Waals surface area contributed by atoms with E-state index in [1.54, 1.807) is 64.9 Å². The molecule has 0 radical (unpaired) electrons. The van der Waals surface area contributed by atoms with E-state index in [1.165, 1.54) is 12.2 Å². The monoisotopic (exact) mass is 496 g/mol. The molecule has 0 spiro atoms. The predicted molar refractivity (Wildman–Crippen MR) is 135 cm³/mol. The zero-order valence-electron chi connectivity index (χ0n) is 21.0. The van der Waals surface area contributed by atoms with Gasteiger partial charge in [-0.05, 0) is 66.8 Å². The fraction of sp³-hybridized carbons (Fsp3) is 0.357.